The van der Waals surface area contributed by atoms with Crippen molar-refractivity contribution in [3.63, 3.8) is 0 Å². The highest BCUT2D eigenvalue weighted by atomic mass is 16.6. The number of hydrazine groups is 1. The lowest BCUT2D eigenvalue weighted by atomic mass is 9.92. The Kier molecular flexibility index (Phi) is 8.58. The normalized spacial score (nSPS) is 22.4. The molecule has 2 N–H and O–H groups in total. The highest BCUT2D eigenvalue weighted by Gasteiger charge is 2.36. The fourth-order valence-electron chi connectivity index (χ4n) is 3.96. The summed E-state index contributed by atoms with van der Waals surface area (Å²) >= 11 is 0. The van der Waals surface area contributed by atoms with Gasteiger partial charge in [-0.05, 0) is 46.5 Å². The first-order valence-electron chi connectivity index (χ1n) is 10.9. The summed E-state index contributed by atoms with van der Waals surface area (Å²) in [7, 11) is 0. The summed E-state index contributed by atoms with van der Waals surface area (Å²) in [6.07, 6.45) is 10.8. The zero-order chi connectivity index (χ0) is 20.6. The second-order valence-electron chi connectivity index (χ2n) is 9.06. The molecule has 0 aromatic rings. The first kappa shape index (κ1) is 22.5. The molecule has 0 unspecified atom stereocenters. The van der Waals surface area contributed by atoms with Gasteiger partial charge in [0.15, 0.2) is 0 Å². The van der Waals surface area contributed by atoms with Crippen molar-refractivity contribution in [2.24, 2.45) is 5.92 Å². The first-order valence-corrected chi connectivity index (χ1v) is 10.9. The zero-order valence-electron chi connectivity index (χ0n) is 17.7. The summed E-state index contributed by atoms with van der Waals surface area (Å²) in [4.78, 5) is 38.9. The van der Waals surface area contributed by atoms with Crippen LogP contribution in [0, 0.1) is 5.92 Å². The number of likely N-dealkylation sites (tertiary alicyclic amines) is 1. The van der Waals surface area contributed by atoms with Gasteiger partial charge < -0.3 is 4.74 Å². The number of ether oxygens (including phenoxy) is 1. The molecule has 1 aliphatic carbocycles. The third-order valence-corrected chi connectivity index (χ3v) is 5.47. The highest BCUT2D eigenvalue weighted by Crippen LogP contribution is 2.22. The molecule has 3 amide bonds. The van der Waals surface area contributed by atoms with Gasteiger partial charge in [-0.2, -0.15) is 0 Å². The van der Waals surface area contributed by atoms with Gasteiger partial charge in [0, 0.05) is 12.5 Å². The summed E-state index contributed by atoms with van der Waals surface area (Å²) in [6.45, 7) is 5.89. The molecule has 1 aliphatic heterocycles. The largest absolute Gasteiger partial charge is 0.444 e. The van der Waals surface area contributed by atoms with Crippen molar-refractivity contribution in [2.45, 2.75) is 103 Å². The molecule has 1 atom stereocenters. The Morgan fingerprint density at radius 2 is 1.32 bits per heavy atom. The fraction of sp³-hybridized carbons (Fsp3) is 0.857. The molecule has 1 saturated heterocycles. The van der Waals surface area contributed by atoms with Crippen LogP contribution in [0.5, 0.6) is 0 Å². The van der Waals surface area contributed by atoms with Crippen LogP contribution in [0.3, 0.4) is 0 Å². The van der Waals surface area contributed by atoms with Crippen molar-refractivity contribution >= 4 is 17.9 Å². The number of nitrogens with one attached hydrogen (secondary N) is 2. The van der Waals surface area contributed by atoms with Crippen LogP contribution in [-0.4, -0.2) is 41.0 Å². The van der Waals surface area contributed by atoms with E-state index in [1.54, 1.807) is 20.8 Å². The Balaban J connectivity index is 1.83. The molecular formula is C21H37N3O4. The molecule has 2 rings (SSSR count). The summed E-state index contributed by atoms with van der Waals surface area (Å²) in [5.74, 6) is -0.517. The Labute approximate surface area is 168 Å². The Morgan fingerprint density at radius 1 is 0.786 bits per heavy atom. The van der Waals surface area contributed by atoms with E-state index in [0.29, 0.717) is 13.0 Å². The van der Waals surface area contributed by atoms with Gasteiger partial charge in [0.05, 0.1) is 0 Å². The van der Waals surface area contributed by atoms with E-state index in [4.69, 9.17) is 4.74 Å². The minimum absolute atomic E-state index is 0.0519. The lowest BCUT2D eigenvalue weighted by Gasteiger charge is -2.28. The number of nitrogens with zero attached hydrogens (tertiary/aromatic N) is 1. The highest BCUT2D eigenvalue weighted by molar-refractivity contribution is 5.88. The lowest BCUT2D eigenvalue weighted by molar-refractivity contribution is -0.133. The van der Waals surface area contributed by atoms with Gasteiger partial charge in [0.25, 0.3) is 5.91 Å². The Hall–Kier alpha value is -1.79. The minimum atomic E-state index is -0.606. The van der Waals surface area contributed by atoms with Crippen LogP contribution >= 0.6 is 0 Å². The van der Waals surface area contributed by atoms with E-state index in [0.717, 1.165) is 32.1 Å². The van der Waals surface area contributed by atoms with Crippen molar-refractivity contribution in [3.05, 3.63) is 0 Å². The maximum absolute atomic E-state index is 12.6. The fourth-order valence-corrected chi connectivity index (χ4v) is 3.96. The van der Waals surface area contributed by atoms with Gasteiger partial charge >= 0.3 is 6.09 Å². The molecule has 0 aromatic carbocycles. The quantitative estimate of drug-likeness (QED) is 0.698. The van der Waals surface area contributed by atoms with Crippen LogP contribution in [0.15, 0.2) is 0 Å². The third kappa shape index (κ3) is 7.32. The van der Waals surface area contributed by atoms with E-state index >= 15 is 0 Å². The summed E-state index contributed by atoms with van der Waals surface area (Å²) in [5.41, 5.74) is 4.54. The maximum atomic E-state index is 12.6. The van der Waals surface area contributed by atoms with Crippen LogP contribution in [0.2, 0.25) is 0 Å². The average Bonchev–Trinajstić information content (AvgIpc) is 3.12. The Morgan fingerprint density at radius 3 is 1.89 bits per heavy atom. The second-order valence-corrected chi connectivity index (χ2v) is 9.06. The predicted octanol–water partition coefficient (Wildman–Crippen LogP) is 3.67. The van der Waals surface area contributed by atoms with E-state index in [-0.39, 0.29) is 17.7 Å². The number of hydrogen-bond acceptors (Lipinski definition) is 4. The van der Waals surface area contributed by atoms with Crippen LogP contribution in [0.25, 0.3) is 0 Å². The molecule has 0 radical (unpaired) electrons. The molecule has 2 fully saturated rings. The summed E-state index contributed by atoms with van der Waals surface area (Å²) < 4.78 is 5.39. The van der Waals surface area contributed by atoms with Crippen LogP contribution in [-0.2, 0) is 14.3 Å². The molecule has 7 nitrogen and oxygen atoms in total. The molecule has 0 spiro atoms. The van der Waals surface area contributed by atoms with Crippen molar-refractivity contribution in [1.29, 1.82) is 0 Å². The lowest BCUT2D eigenvalue weighted by Crippen LogP contribution is -2.53. The predicted molar refractivity (Wildman–Crippen MR) is 107 cm³/mol. The number of rotatable bonds is 2. The smallest absolute Gasteiger partial charge is 0.410 e. The zero-order valence-corrected chi connectivity index (χ0v) is 17.7. The number of amides is 3. The minimum Gasteiger partial charge on any atom is -0.444 e. The maximum Gasteiger partial charge on any atom is 0.410 e. The molecule has 1 saturated carbocycles. The van der Waals surface area contributed by atoms with E-state index in [1.165, 1.54) is 37.0 Å². The van der Waals surface area contributed by atoms with Gasteiger partial charge in [-0.15, -0.1) is 0 Å². The van der Waals surface area contributed by atoms with E-state index in [9.17, 15) is 14.4 Å². The van der Waals surface area contributed by atoms with Crippen LogP contribution < -0.4 is 10.9 Å². The molecule has 28 heavy (non-hydrogen) atoms. The number of carbonyl (C=O) groups is 3. The van der Waals surface area contributed by atoms with Crippen LogP contribution in [0.4, 0.5) is 4.79 Å². The molecule has 160 valence electrons. The van der Waals surface area contributed by atoms with Gasteiger partial charge in [-0.1, -0.05) is 44.9 Å². The van der Waals surface area contributed by atoms with Crippen molar-refractivity contribution in [3.8, 4) is 0 Å². The van der Waals surface area contributed by atoms with Crippen molar-refractivity contribution in [2.75, 3.05) is 6.54 Å². The molecule has 0 bridgehead atoms. The first-order chi connectivity index (χ1) is 13.3. The van der Waals surface area contributed by atoms with E-state index in [1.807, 2.05) is 0 Å². The topological polar surface area (TPSA) is 87.7 Å². The molecule has 1 heterocycles. The molecule has 0 aromatic heterocycles. The molecule has 7 heteroatoms. The average molecular weight is 396 g/mol. The molecular weight excluding hydrogens is 358 g/mol. The van der Waals surface area contributed by atoms with Crippen LogP contribution in [0.1, 0.15) is 91.4 Å². The van der Waals surface area contributed by atoms with E-state index in [2.05, 4.69) is 10.9 Å². The van der Waals surface area contributed by atoms with Gasteiger partial charge in [0.2, 0.25) is 5.91 Å². The standard InChI is InChI=1S/C21H37N3O4/c1-21(2,3)28-20(27)24-15-11-14-17(24)19(26)23-22-18(25)16-12-9-7-5-4-6-8-10-13-16/h16-17H,4-15H2,1-3H3,(H,22,25)(H,23,26)/t17-/m0/s1. The third-order valence-electron chi connectivity index (χ3n) is 5.47. The van der Waals surface area contributed by atoms with Gasteiger partial charge in [0.1, 0.15) is 11.6 Å². The molecule has 2 aliphatic rings. The van der Waals surface area contributed by atoms with Crippen molar-refractivity contribution < 1.29 is 19.1 Å². The SMILES string of the molecule is CC(C)(C)OC(=O)N1CCC[C@H]1C(=O)NNC(=O)C1CCCCCCCCC1. The Bertz CT molecular complexity index is 534. The number of hydrogen-bond donors (Lipinski definition) is 2. The second kappa shape index (κ2) is 10.7. The summed E-state index contributed by atoms with van der Waals surface area (Å²) in [5, 5.41) is 0. The van der Waals surface area contributed by atoms with E-state index < -0.39 is 17.7 Å². The monoisotopic (exact) mass is 395 g/mol. The van der Waals surface area contributed by atoms with Gasteiger partial charge in [-0.25, -0.2) is 4.79 Å². The number of carbonyl (C=O) groups excluding carboxylic acids is 3. The summed E-state index contributed by atoms with van der Waals surface area (Å²) in [6, 6.07) is -0.598. The van der Waals surface area contributed by atoms with Crippen molar-refractivity contribution in [1.82, 2.24) is 15.8 Å². The van der Waals surface area contributed by atoms with Gasteiger partial charge in [-0.3, -0.25) is 25.3 Å².